The molecular formula is C16H14FNO. The molecule has 0 saturated heterocycles. The van der Waals surface area contributed by atoms with Gasteiger partial charge in [0.25, 0.3) is 5.91 Å². The predicted molar refractivity (Wildman–Crippen MR) is 74.3 cm³/mol. The summed E-state index contributed by atoms with van der Waals surface area (Å²) in [5.74, 6) is 1.89. The molecule has 0 aliphatic rings. The first-order valence-electron chi connectivity index (χ1n) is 6.11. The van der Waals surface area contributed by atoms with Crippen LogP contribution >= 0.6 is 0 Å². The summed E-state index contributed by atoms with van der Waals surface area (Å²) >= 11 is 0. The van der Waals surface area contributed by atoms with Gasteiger partial charge >= 0.3 is 0 Å². The number of hydrogen-bond acceptors (Lipinski definition) is 1. The summed E-state index contributed by atoms with van der Waals surface area (Å²) in [6, 6.07) is 9.37. The molecule has 0 bridgehead atoms. The monoisotopic (exact) mass is 255 g/mol. The predicted octanol–water partition coefficient (Wildman–Crippen LogP) is 3.12. The van der Waals surface area contributed by atoms with Crippen molar-refractivity contribution in [3.63, 3.8) is 0 Å². The molecule has 0 saturated carbocycles. The van der Waals surface area contributed by atoms with Crippen molar-refractivity contribution in [2.75, 3.05) is 0 Å². The van der Waals surface area contributed by atoms with Crippen LogP contribution < -0.4 is 5.32 Å². The number of hydrogen-bond donors (Lipinski definition) is 1. The first kappa shape index (κ1) is 13.1. The van der Waals surface area contributed by atoms with E-state index in [2.05, 4.69) is 11.2 Å². The number of nitrogens with one attached hydrogen (secondary N) is 1. The van der Waals surface area contributed by atoms with Crippen LogP contribution in [0.1, 0.15) is 23.7 Å². The zero-order valence-corrected chi connectivity index (χ0v) is 10.6. The fraction of sp³-hybridized carbons (Fsp3) is 0.188. The highest BCUT2D eigenvalue weighted by Gasteiger charge is 2.14. The Morgan fingerprint density at radius 2 is 2.00 bits per heavy atom. The number of carbonyl (C=O) groups excluding carboxylic acids is 1. The van der Waals surface area contributed by atoms with E-state index >= 15 is 0 Å². The third kappa shape index (κ3) is 2.58. The number of rotatable bonds is 3. The SMILES string of the molecule is C#CC(CC)NC(=O)c1ccc(F)c2ccccc12. The zero-order chi connectivity index (χ0) is 13.8. The third-order valence-electron chi connectivity index (χ3n) is 3.03. The van der Waals surface area contributed by atoms with E-state index in [-0.39, 0.29) is 17.8 Å². The van der Waals surface area contributed by atoms with Gasteiger partial charge in [-0.05, 0) is 23.9 Å². The van der Waals surface area contributed by atoms with Gasteiger partial charge in [0, 0.05) is 10.9 Å². The first-order valence-corrected chi connectivity index (χ1v) is 6.11. The number of carbonyl (C=O) groups is 1. The summed E-state index contributed by atoms with van der Waals surface area (Å²) in [7, 11) is 0. The minimum Gasteiger partial charge on any atom is -0.338 e. The quantitative estimate of drug-likeness (QED) is 0.839. The van der Waals surface area contributed by atoms with Gasteiger partial charge in [0.15, 0.2) is 0 Å². The number of terminal acetylenes is 1. The molecule has 0 aromatic heterocycles. The van der Waals surface area contributed by atoms with E-state index in [0.717, 1.165) is 0 Å². The lowest BCUT2D eigenvalue weighted by Crippen LogP contribution is -2.33. The van der Waals surface area contributed by atoms with Gasteiger partial charge in [-0.3, -0.25) is 4.79 Å². The third-order valence-corrected chi connectivity index (χ3v) is 3.03. The largest absolute Gasteiger partial charge is 0.338 e. The van der Waals surface area contributed by atoms with Crippen molar-refractivity contribution in [3.8, 4) is 12.3 Å². The van der Waals surface area contributed by atoms with E-state index in [1.165, 1.54) is 12.1 Å². The van der Waals surface area contributed by atoms with Gasteiger partial charge in [-0.1, -0.05) is 37.1 Å². The van der Waals surface area contributed by atoms with Crippen molar-refractivity contribution >= 4 is 16.7 Å². The Morgan fingerprint density at radius 3 is 2.63 bits per heavy atom. The van der Waals surface area contributed by atoms with E-state index in [1.54, 1.807) is 24.3 Å². The standard InChI is InChI=1S/C16H14FNO/c1-3-11(4-2)18-16(19)14-9-10-15(17)13-8-6-5-7-12(13)14/h1,5-11H,4H2,2H3,(H,18,19). The van der Waals surface area contributed by atoms with Crippen LogP contribution in [0.4, 0.5) is 4.39 Å². The molecule has 1 unspecified atom stereocenters. The molecule has 2 rings (SSSR count). The van der Waals surface area contributed by atoms with E-state index in [1.807, 2.05) is 6.92 Å². The van der Waals surface area contributed by atoms with Gasteiger partial charge < -0.3 is 5.32 Å². The Hall–Kier alpha value is -2.34. The summed E-state index contributed by atoms with van der Waals surface area (Å²) < 4.78 is 13.7. The van der Waals surface area contributed by atoms with Crippen LogP contribution in [0.2, 0.25) is 0 Å². The van der Waals surface area contributed by atoms with Crippen molar-refractivity contribution in [2.45, 2.75) is 19.4 Å². The average Bonchev–Trinajstić information content (AvgIpc) is 2.45. The van der Waals surface area contributed by atoms with Gasteiger partial charge in [0.1, 0.15) is 5.82 Å². The van der Waals surface area contributed by atoms with Gasteiger partial charge in [0.2, 0.25) is 0 Å². The van der Waals surface area contributed by atoms with Gasteiger partial charge in [0.05, 0.1) is 6.04 Å². The molecule has 2 nitrogen and oxygen atoms in total. The van der Waals surface area contributed by atoms with Crippen molar-refractivity contribution < 1.29 is 9.18 Å². The van der Waals surface area contributed by atoms with Crippen LogP contribution in [0.25, 0.3) is 10.8 Å². The minimum atomic E-state index is -0.337. The Bertz CT molecular complexity index is 657. The Morgan fingerprint density at radius 1 is 1.32 bits per heavy atom. The first-order chi connectivity index (χ1) is 9.17. The lowest BCUT2D eigenvalue weighted by Gasteiger charge is -2.12. The van der Waals surface area contributed by atoms with Crippen LogP contribution in [-0.4, -0.2) is 11.9 Å². The molecule has 0 aliphatic carbocycles. The normalized spacial score (nSPS) is 11.8. The number of halogens is 1. The molecule has 3 heteroatoms. The smallest absolute Gasteiger partial charge is 0.252 e. The van der Waals surface area contributed by atoms with Gasteiger partial charge in [-0.25, -0.2) is 4.39 Å². The molecule has 19 heavy (non-hydrogen) atoms. The Kier molecular flexibility index (Phi) is 3.82. The number of amides is 1. The molecule has 0 fully saturated rings. The van der Waals surface area contributed by atoms with Crippen LogP contribution in [-0.2, 0) is 0 Å². The Labute approximate surface area is 111 Å². The minimum absolute atomic E-state index is 0.277. The molecule has 1 amide bonds. The zero-order valence-electron chi connectivity index (χ0n) is 10.6. The molecule has 0 spiro atoms. The second kappa shape index (κ2) is 5.53. The van der Waals surface area contributed by atoms with Crippen molar-refractivity contribution in [3.05, 3.63) is 47.8 Å². The van der Waals surface area contributed by atoms with Crippen LogP contribution in [0.15, 0.2) is 36.4 Å². The maximum absolute atomic E-state index is 13.7. The van der Waals surface area contributed by atoms with E-state index in [9.17, 15) is 9.18 Å². The van der Waals surface area contributed by atoms with E-state index < -0.39 is 0 Å². The van der Waals surface area contributed by atoms with Gasteiger partial charge in [-0.15, -0.1) is 6.42 Å². The summed E-state index contributed by atoms with van der Waals surface area (Å²) in [5.41, 5.74) is 0.436. The highest BCUT2D eigenvalue weighted by Crippen LogP contribution is 2.21. The number of benzene rings is 2. The van der Waals surface area contributed by atoms with Crippen molar-refractivity contribution in [1.82, 2.24) is 5.32 Å². The van der Waals surface area contributed by atoms with E-state index in [4.69, 9.17) is 6.42 Å². The van der Waals surface area contributed by atoms with Crippen molar-refractivity contribution in [1.29, 1.82) is 0 Å². The fourth-order valence-electron chi connectivity index (χ4n) is 1.96. The molecule has 2 aromatic rings. The highest BCUT2D eigenvalue weighted by atomic mass is 19.1. The summed E-state index contributed by atoms with van der Waals surface area (Å²) in [5, 5.41) is 3.77. The van der Waals surface area contributed by atoms with Gasteiger partial charge in [-0.2, -0.15) is 0 Å². The molecule has 0 aliphatic heterocycles. The average molecular weight is 255 g/mol. The van der Waals surface area contributed by atoms with E-state index in [0.29, 0.717) is 22.8 Å². The fourth-order valence-corrected chi connectivity index (χ4v) is 1.96. The second-order valence-electron chi connectivity index (χ2n) is 4.24. The molecular weight excluding hydrogens is 241 g/mol. The second-order valence-corrected chi connectivity index (χ2v) is 4.24. The molecule has 2 aromatic carbocycles. The van der Waals surface area contributed by atoms with Crippen molar-refractivity contribution in [2.24, 2.45) is 0 Å². The van der Waals surface area contributed by atoms with Crippen LogP contribution in [0.3, 0.4) is 0 Å². The lowest BCUT2D eigenvalue weighted by molar-refractivity contribution is 0.0946. The molecule has 1 atom stereocenters. The molecule has 0 radical (unpaired) electrons. The molecule has 0 heterocycles. The number of fused-ring (bicyclic) bond motifs is 1. The molecule has 1 N–H and O–H groups in total. The maximum Gasteiger partial charge on any atom is 0.252 e. The van der Waals surface area contributed by atoms with Crippen LogP contribution in [0, 0.1) is 18.2 Å². The highest BCUT2D eigenvalue weighted by molar-refractivity contribution is 6.07. The lowest BCUT2D eigenvalue weighted by atomic mass is 10.0. The Balaban J connectivity index is 2.44. The summed E-state index contributed by atoms with van der Waals surface area (Å²) in [6.07, 6.45) is 5.98. The summed E-state index contributed by atoms with van der Waals surface area (Å²) in [4.78, 5) is 12.2. The topological polar surface area (TPSA) is 29.1 Å². The molecule has 96 valence electrons. The van der Waals surface area contributed by atoms with Crippen LogP contribution in [0.5, 0.6) is 0 Å². The summed E-state index contributed by atoms with van der Waals surface area (Å²) in [6.45, 7) is 1.90. The maximum atomic E-state index is 13.7.